The van der Waals surface area contributed by atoms with Crippen LogP contribution in [0.2, 0.25) is 0 Å². The van der Waals surface area contributed by atoms with Crippen molar-refractivity contribution in [1.82, 2.24) is 10.2 Å². The highest BCUT2D eigenvalue weighted by atomic mass is 16.2. The second-order valence-electron chi connectivity index (χ2n) is 8.65. The summed E-state index contributed by atoms with van der Waals surface area (Å²) in [4.78, 5) is 30.0. The molecule has 1 aliphatic rings. The van der Waals surface area contributed by atoms with Gasteiger partial charge in [-0.05, 0) is 36.1 Å². The lowest BCUT2D eigenvalue weighted by molar-refractivity contribution is -0.142. The molecule has 5 heteroatoms. The minimum absolute atomic E-state index is 0.0501. The van der Waals surface area contributed by atoms with E-state index in [0.29, 0.717) is 25.9 Å². The van der Waals surface area contributed by atoms with E-state index in [1.807, 2.05) is 51.2 Å². The van der Waals surface area contributed by atoms with Crippen LogP contribution < -0.4 is 10.2 Å². The van der Waals surface area contributed by atoms with Crippen molar-refractivity contribution in [1.29, 1.82) is 0 Å². The first-order chi connectivity index (χ1) is 14.4. The number of nitrogens with zero attached hydrogens (tertiary/aromatic N) is 2. The van der Waals surface area contributed by atoms with Crippen LogP contribution in [0.4, 0.5) is 5.69 Å². The number of anilines is 1. The van der Waals surface area contributed by atoms with Crippen LogP contribution in [0, 0.1) is 5.92 Å². The zero-order valence-electron chi connectivity index (χ0n) is 18.5. The molecule has 0 spiro atoms. The van der Waals surface area contributed by atoms with Gasteiger partial charge in [0.1, 0.15) is 6.04 Å². The van der Waals surface area contributed by atoms with Gasteiger partial charge in [-0.2, -0.15) is 0 Å². The van der Waals surface area contributed by atoms with Gasteiger partial charge in [-0.15, -0.1) is 0 Å². The Morgan fingerprint density at radius 3 is 2.33 bits per heavy atom. The van der Waals surface area contributed by atoms with Gasteiger partial charge in [0.25, 0.3) is 0 Å². The molecule has 1 heterocycles. The van der Waals surface area contributed by atoms with Gasteiger partial charge in [0.05, 0.1) is 0 Å². The van der Waals surface area contributed by atoms with E-state index in [-0.39, 0.29) is 23.8 Å². The van der Waals surface area contributed by atoms with Crippen molar-refractivity contribution in [3.05, 3.63) is 65.7 Å². The first kappa shape index (κ1) is 21.9. The van der Waals surface area contributed by atoms with Crippen LogP contribution in [0.5, 0.6) is 0 Å². The van der Waals surface area contributed by atoms with Crippen molar-refractivity contribution in [3.8, 4) is 0 Å². The van der Waals surface area contributed by atoms with Crippen molar-refractivity contribution in [2.24, 2.45) is 5.92 Å². The first-order valence-corrected chi connectivity index (χ1v) is 10.8. The Balaban J connectivity index is 1.69. The Morgan fingerprint density at radius 1 is 1.03 bits per heavy atom. The fourth-order valence-corrected chi connectivity index (χ4v) is 3.91. The molecule has 30 heavy (non-hydrogen) atoms. The molecule has 1 N–H and O–H groups in total. The van der Waals surface area contributed by atoms with Crippen LogP contribution in [0.3, 0.4) is 0 Å². The third-order valence-electron chi connectivity index (χ3n) is 5.85. The lowest BCUT2D eigenvalue weighted by atomic mass is 9.92. The lowest BCUT2D eigenvalue weighted by Gasteiger charge is -2.37. The molecular formula is C25H33N3O2. The summed E-state index contributed by atoms with van der Waals surface area (Å²) in [6.07, 6.45) is 1.02. The topological polar surface area (TPSA) is 52.7 Å². The van der Waals surface area contributed by atoms with Gasteiger partial charge < -0.3 is 15.1 Å². The van der Waals surface area contributed by atoms with Crippen molar-refractivity contribution in [3.63, 3.8) is 0 Å². The number of hydrogen-bond donors (Lipinski definition) is 1. The normalized spacial score (nSPS) is 16.7. The van der Waals surface area contributed by atoms with E-state index < -0.39 is 6.04 Å². The monoisotopic (exact) mass is 407 g/mol. The second kappa shape index (κ2) is 9.79. The van der Waals surface area contributed by atoms with Crippen LogP contribution in [0.1, 0.15) is 38.3 Å². The van der Waals surface area contributed by atoms with Crippen molar-refractivity contribution >= 4 is 17.5 Å². The maximum atomic E-state index is 13.1. The van der Waals surface area contributed by atoms with Gasteiger partial charge >= 0.3 is 0 Å². The van der Waals surface area contributed by atoms with Gasteiger partial charge in [-0.25, -0.2) is 0 Å². The average molecular weight is 408 g/mol. The van der Waals surface area contributed by atoms with E-state index in [0.717, 1.165) is 16.8 Å². The molecule has 0 aromatic heterocycles. The molecule has 0 bridgehead atoms. The number of likely N-dealkylation sites (N-methyl/N-ethyl adjacent to an activating group) is 1. The molecule has 5 nitrogen and oxygen atoms in total. The maximum absolute atomic E-state index is 13.1. The zero-order chi connectivity index (χ0) is 21.7. The quantitative estimate of drug-likeness (QED) is 0.763. The van der Waals surface area contributed by atoms with Gasteiger partial charge in [-0.1, -0.05) is 56.3 Å². The minimum Gasteiger partial charge on any atom is -0.370 e. The lowest BCUT2D eigenvalue weighted by Crippen LogP contribution is -2.54. The Kier molecular flexibility index (Phi) is 7.14. The second-order valence-corrected chi connectivity index (χ2v) is 8.65. The molecule has 2 aromatic carbocycles. The van der Waals surface area contributed by atoms with Crippen molar-refractivity contribution < 1.29 is 9.59 Å². The number of nitrogens with one attached hydrogen (secondary N) is 1. The summed E-state index contributed by atoms with van der Waals surface area (Å²) >= 11 is 0. The number of fused-ring (bicyclic) bond motifs is 1. The molecule has 0 aliphatic carbocycles. The Bertz CT molecular complexity index is 866. The van der Waals surface area contributed by atoms with Gasteiger partial charge in [0, 0.05) is 44.7 Å². The summed E-state index contributed by atoms with van der Waals surface area (Å²) in [6.45, 7) is 7.18. The van der Waals surface area contributed by atoms with Gasteiger partial charge in [0.2, 0.25) is 11.8 Å². The van der Waals surface area contributed by atoms with Crippen LogP contribution in [0.25, 0.3) is 0 Å². The Hall–Kier alpha value is -2.82. The number of carbonyl (C=O) groups excluding carboxylic acids is 2. The van der Waals surface area contributed by atoms with Crippen LogP contribution in [0.15, 0.2) is 54.6 Å². The fraction of sp³-hybridized carbons (Fsp3) is 0.440. The fourth-order valence-electron chi connectivity index (χ4n) is 3.91. The summed E-state index contributed by atoms with van der Waals surface area (Å²) in [5.74, 6) is 0.238. The third-order valence-corrected chi connectivity index (χ3v) is 5.85. The summed E-state index contributed by atoms with van der Waals surface area (Å²) in [7, 11) is 2.03. The molecule has 3 rings (SSSR count). The van der Waals surface area contributed by atoms with E-state index in [9.17, 15) is 9.59 Å². The molecule has 0 radical (unpaired) electrons. The molecule has 0 fully saturated rings. The van der Waals surface area contributed by atoms with Gasteiger partial charge in [-0.3, -0.25) is 9.59 Å². The highest BCUT2D eigenvalue weighted by molar-refractivity contribution is 5.88. The number of para-hydroxylation sites is 1. The van der Waals surface area contributed by atoms with Crippen molar-refractivity contribution in [2.75, 3.05) is 18.5 Å². The molecule has 0 saturated heterocycles. The number of hydrogen-bond acceptors (Lipinski definition) is 3. The van der Waals surface area contributed by atoms with E-state index >= 15 is 0 Å². The summed E-state index contributed by atoms with van der Waals surface area (Å²) in [6, 6.07) is 17.9. The number of carbonyl (C=O) groups is 2. The molecule has 160 valence electrons. The van der Waals surface area contributed by atoms with Crippen LogP contribution >= 0.6 is 0 Å². The minimum atomic E-state index is -0.458. The number of benzene rings is 2. The predicted molar refractivity (Wildman–Crippen MR) is 121 cm³/mol. The van der Waals surface area contributed by atoms with Crippen LogP contribution in [-0.4, -0.2) is 42.4 Å². The van der Waals surface area contributed by atoms with E-state index in [2.05, 4.69) is 41.4 Å². The smallest absolute Gasteiger partial charge is 0.243 e. The molecule has 0 saturated carbocycles. The van der Waals surface area contributed by atoms with Gasteiger partial charge in [0.15, 0.2) is 0 Å². The van der Waals surface area contributed by atoms with E-state index in [4.69, 9.17) is 0 Å². The Labute approximate surface area is 180 Å². The van der Waals surface area contributed by atoms with E-state index in [1.165, 1.54) is 0 Å². The largest absolute Gasteiger partial charge is 0.370 e. The average Bonchev–Trinajstić information content (AvgIpc) is 2.75. The zero-order valence-corrected chi connectivity index (χ0v) is 18.5. The van der Waals surface area contributed by atoms with E-state index in [1.54, 1.807) is 4.90 Å². The SMILES string of the molecule is CC(C)CC(=O)N1Cc2ccccc2CC1C(=O)NCC(C)N(C)c1ccccc1. The highest BCUT2D eigenvalue weighted by Gasteiger charge is 2.34. The molecule has 1 aliphatic heterocycles. The predicted octanol–water partition coefficient (Wildman–Crippen LogP) is 3.63. The molecule has 2 amide bonds. The molecular weight excluding hydrogens is 374 g/mol. The Morgan fingerprint density at radius 2 is 1.67 bits per heavy atom. The molecule has 2 aromatic rings. The summed E-state index contributed by atoms with van der Waals surface area (Å²) in [5, 5.41) is 3.10. The van der Waals surface area contributed by atoms with Crippen molar-refractivity contribution in [2.45, 2.75) is 52.2 Å². The maximum Gasteiger partial charge on any atom is 0.243 e. The molecule has 2 atom stereocenters. The number of amides is 2. The van der Waals surface area contributed by atoms with Crippen LogP contribution in [-0.2, 0) is 22.6 Å². The number of rotatable bonds is 7. The summed E-state index contributed by atoms with van der Waals surface area (Å²) < 4.78 is 0. The highest BCUT2D eigenvalue weighted by Crippen LogP contribution is 2.25. The first-order valence-electron chi connectivity index (χ1n) is 10.8. The summed E-state index contributed by atoms with van der Waals surface area (Å²) in [5.41, 5.74) is 3.40. The standard InChI is InChI=1S/C25H33N3O2/c1-18(2)14-24(29)28-17-21-11-9-8-10-20(21)15-23(28)25(30)26-16-19(3)27(4)22-12-6-5-7-13-22/h5-13,18-19,23H,14-17H2,1-4H3,(H,26,30). The molecule has 2 unspecified atom stereocenters. The third kappa shape index (κ3) is 5.21.